The summed E-state index contributed by atoms with van der Waals surface area (Å²) < 4.78 is 12.0. The molecule has 0 saturated heterocycles. The topological polar surface area (TPSA) is 34.6 Å². The highest BCUT2D eigenvalue weighted by atomic mass is 16.5. The highest BCUT2D eigenvalue weighted by molar-refractivity contribution is 5.47. The van der Waals surface area contributed by atoms with Crippen molar-refractivity contribution in [2.75, 3.05) is 13.2 Å². The lowest BCUT2D eigenvalue weighted by molar-refractivity contribution is 0.132. The standard InChI is InChI=1S/C25H36N2O2/c1-18(2)27(19(3)4)13-9-10-14-29-25-20(5)26-24(22-16-28-17-23(22)25)15-21-11-7-6-8-12-21/h6-8,11-12,18-19H,9-10,13-17H2,1-5H3. The molecule has 0 radical (unpaired) electrons. The van der Waals surface area contributed by atoms with Crippen molar-refractivity contribution in [2.24, 2.45) is 0 Å². The van der Waals surface area contributed by atoms with Gasteiger partial charge in [0, 0.05) is 29.6 Å². The van der Waals surface area contributed by atoms with E-state index < -0.39 is 0 Å². The van der Waals surface area contributed by atoms with Crippen molar-refractivity contribution in [1.82, 2.24) is 9.88 Å². The Morgan fingerprint density at radius 2 is 1.69 bits per heavy atom. The Kier molecular flexibility index (Phi) is 7.68. The first-order valence-corrected chi connectivity index (χ1v) is 11.0. The number of aromatic nitrogens is 1. The first-order valence-electron chi connectivity index (χ1n) is 11.0. The Hall–Kier alpha value is -1.91. The Morgan fingerprint density at radius 1 is 1.00 bits per heavy atom. The van der Waals surface area contributed by atoms with E-state index in [1.165, 1.54) is 16.7 Å². The maximum atomic E-state index is 6.23. The van der Waals surface area contributed by atoms with Gasteiger partial charge in [0.15, 0.2) is 0 Å². The van der Waals surface area contributed by atoms with Gasteiger partial charge in [-0.15, -0.1) is 0 Å². The summed E-state index contributed by atoms with van der Waals surface area (Å²) in [5.74, 6) is 0.943. The summed E-state index contributed by atoms with van der Waals surface area (Å²) in [4.78, 5) is 7.44. The molecule has 4 nitrogen and oxygen atoms in total. The lowest BCUT2D eigenvalue weighted by Gasteiger charge is -2.30. The van der Waals surface area contributed by atoms with Crippen LogP contribution in [0.2, 0.25) is 0 Å². The fourth-order valence-electron chi connectivity index (χ4n) is 4.24. The molecule has 1 aliphatic heterocycles. The van der Waals surface area contributed by atoms with Crippen LogP contribution in [0.5, 0.6) is 5.75 Å². The minimum atomic E-state index is 0.583. The van der Waals surface area contributed by atoms with E-state index in [2.05, 4.69) is 63.8 Å². The molecule has 3 rings (SSSR count). The van der Waals surface area contributed by atoms with E-state index in [-0.39, 0.29) is 0 Å². The first kappa shape index (κ1) is 21.8. The molecule has 2 aromatic rings. The van der Waals surface area contributed by atoms with Crippen LogP contribution in [0.25, 0.3) is 0 Å². The van der Waals surface area contributed by atoms with E-state index in [1.807, 2.05) is 6.07 Å². The Bertz CT molecular complexity index is 779. The highest BCUT2D eigenvalue weighted by Crippen LogP contribution is 2.34. The Labute approximate surface area is 176 Å². The van der Waals surface area contributed by atoms with Crippen LogP contribution in [-0.2, 0) is 24.4 Å². The zero-order valence-corrected chi connectivity index (χ0v) is 18.7. The van der Waals surface area contributed by atoms with Crippen LogP contribution in [0.1, 0.15) is 68.6 Å². The molecule has 0 bridgehead atoms. The third-order valence-corrected chi connectivity index (χ3v) is 5.71. The average molecular weight is 397 g/mol. The Morgan fingerprint density at radius 3 is 2.38 bits per heavy atom. The maximum absolute atomic E-state index is 6.23. The molecule has 0 spiro atoms. The SMILES string of the molecule is Cc1nc(Cc2ccccc2)c2c(c1OCCCCN(C(C)C)C(C)C)COC2. The summed E-state index contributed by atoms with van der Waals surface area (Å²) >= 11 is 0. The molecule has 0 amide bonds. The van der Waals surface area contributed by atoms with Crippen molar-refractivity contribution < 1.29 is 9.47 Å². The number of unbranched alkanes of at least 4 members (excludes halogenated alkanes) is 1. The minimum Gasteiger partial charge on any atom is -0.491 e. The summed E-state index contributed by atoms with van der Waals surface area (Å²) in [6.45, 7) is 14.3. The van der Waals surface area contributed by atoms with Gasteiger partial charge >= 0.3 is 0 Å². The summed E-state index contributed by atoms with van der Waals surface area (Å²) in [5.41, 5.74) is 5.81. The van der Waals surface area contributed by atoms with Crippen molar-refractivity contribution in [2.45, 2.75) is 79.2 Å². The van der Waals surface area contributed by atoms with Gasteiger partial charge in [0.25, 0.3) is 0 Å². The van der Waals surface area contributed by atoms with Gasteiger partial charge in [0.2, 0.25) is 0 Å². The molecule has 0 unspecified atom stereocenters. The predicted molar refractivity (Wildman–Crippen MR) is 118 cm³/mol. The van der Waals surface area contributed by atoms with Crippen LogP contribution in [0.15, 0.2) is 30.3 Å². The van der Waals surface area contributed by atoms with Gasteiger partial charge < -0.3 is 9.47 Å². The summed E-state index contributed by atoms with van der Waals surface area (Å²) in [5, 5.41) is 0. The minimum absolute atomic E-state index is 0.583. The van der Waals surface area contributed by atoms with E-state index in [0.717, 1.165) is 49.6 Å². The van der Waals surface area contributed by atoms with Crippen LogP contribution in [0.4, 0.5) is 0 Å². The normalized spacial score (nSPS) is 13.5. The number of rotatable bonds is 10. The number of hydrogen-bond donors (Lipinski definition) is 0. The third kappa shape index (κ3) is 5.58. The van der Waals surface area contributed by atoms with Gasteiger partial charge in [-0.1, -0.05) is 30.3 Å². The summed E-state index contributed by atoms with van der Waals surface area (Å²) in [6, 6.07) is 11.7. The first-order chi connectivity index (χ1) is 14.0. The third-order valence-electron chi connectivity index (χ3n) is 5.71. The molecule has 4 heteroatoms. The lowest BCUT2D eigenvalue weighted by Crippen LogP contribution is -2.37. The van der Waals surface area contributed by atoms with Crippen molar-refractivity contribution in [3.05, 3.63) is 58.4 Å². The molecule has 0 aliphatic carbocycles. The Balaban J connectivity index is 1.61. The van der Waals surface area contributed by atoms with E-state index in [0.29, 0.717) is 25.3 Å². The molecular formula is C25H36N2O2. The molecule has 2 heterocycles. The maximum Gasteiger partial charge on any atom is 0.146 e. The van der Waals surface area contributed by atoms with E-state index in [9.17, 15) is 0 Å². The molecule has 1 aromatic heterocycles. The summed E-state index contributed by atoms with van der Waals surface area (Å²) in [6.07, 6.45) is 3.04. The number of fused-ring (bicyclic) bond motifs is 1. The molecule has 0 saturated carbocycles. The zero-order valence-electron chi connectivity index (χ0n) is 18.7. The second kappa shape index (κ2) is 10.2. The fraction of sp³-hybridized carbons (Fsp3) is 0.560. The van der Waals surface area contributed by atoms with Gasteiger partial charge in [0.1, 0.15) is 5.75 Å². The van der Waals surface area contributed by atoms with Crippen molar-refractivity contribution >= 4 is 0 Å². The smallest absolute Gasteiger partial charge is 0.146 e. The molecule has 1 aliphatic rings. The number of hydrogen-bond acceptors (Lipinski definition) is 4. The van der Waals surface area contributed by atoms with Crippen LogP contribution in [0, 0.1) is 6.92 Å². The van der Waals surface area contributed by atoms with Crippen molar-refractivity contribution in [1.29, 1.82) is 0 Å². The molecule has 1 aromatic carbocycles. The second-order valence-electron chi connectivity index (χ2n) is 8.57. The molecule has 158 valence electrons. The monoisotopic (exact) mass is 396 g/mol. The van der Waals surface area contributed by atoms with Crippen LogP contribution in [0.3, 0.4) is 0 Å². The average Bonchev–Trinajstić information content (AvgIpc) is 3.16. The largest absolute Gasteiger partial charge is 0.491 e. The lowest BCUT2D eigenvalue weighted by atomic mass is 10.0. The molecule has 0 fully saturated rings. The number of aryl methyl sites for hydroxylation is 1. The molecular weight excluding hydrogens is 360 g/mol. The number of nitrogens with zero attached hydrogens (tertiary/aromatic N) is 2. The number of benzene rings is 1. The van der Waals surface area contributed by atoms with Crippen LogP contribution >= 0.6 is 0 Å². The van der Waals surface area contributed by atoms with Gasteiger partial charge in [-0.25, -0.2) is 0 Å². The van der Waals surface area contributed by atoms with Crippen molar-refractivity contribution in [3.8, 4) is 5.75 Å². The van der Waals surface area contributed by atoms with E-state index >= 15 is 0 Å². The van der Waals surface area contributed by atoms with Crippen LogP contribution in [-0.4, -0.2) is 35.1 Å². The van der Waals surface area contributed by atoms with Gasteiger partial charge in [-0.05, 0) is 59.6 Å². The van der Waals surface area contributed by atoms with E-state index in [4.69, 9.17) is 14.5 Å². The summed E-state index contributed by atoms with van der Waals surface area (Å²) in [7, 11) is 0. The van der Waals surface area contributed by atoms with Gasteiger partial charge in [-0.2, -0.15) is 0 Å². The molecule has 0 N–H and O–H groups in total. The fourth-order valence-corrected chi connectivity index (χ4v) is 4.24. The molecule has 0 atom stereocenters. The van der Waals surface area contributed by atoms with Crippen molar-refractivity contribution in [3.63, 3.8) is 0 Å². The van der Waals surface area contributed by atoms with E-state index in [1.54, 1.807) is 0 Å². The van der Waals surface area contributed by atoms with Gasteiger partial charge in [-0.3, -0.25) is 9.88 Å². The number of pyridine rings is 1. The zero-order chi connectivity index (χ0) is 20.8. The quantitative estimate of drug-likeness (QED) is 0.511. The highest BCUT2D eigenvalue weighted by Gasteiger charge is 2.24. The predicted octanol–water partition coefficient (Wildman–Crippen LogP) is 5.29. The second-order valence-corrected chi connectivity index (χ2v) is 8.57. The number of ether oxygens (including phenoxy) is 2. The molecule has 29 heavy (non-hydrogen) atoms. The van der Waals surface area contributed by atoms with Gasteiger partial charge in [0.05, 0.1) is 31.2 Å². The van der Waals surface area contributed by atoms with Crippen LogP contribution < -0.4 is 4.74 Å².